The molecule has 0 radical (unpaired) electrons. The molecule has 2 aromatic heterocycles. The first-order valence-corrected chi connectivity index (χ1v) is 12.2. The van der Waals surface area contributed by atoms with Crippen LogP contribution in [0, 0.1) is 11.7 Å². The van der Waals surface area contributed by atoms with Gasteiger partial charge in [0.05, 0.1) is 11.3 Å². The lowest BCUT2D eigenvalue weighted by Gasteiger charge is -2.40. The fourth-order valence-corrected chi connectivity index (χ4v) is 5.71. The summed E-state index contributed by atoms with van der Waals surface area (Å²) in [4.78, 5) is 31.2. The summed E-state index contributed by atoms with van der Waals surface area (Å²) < 4.78 is 13.2. The van der Waals surface area contributed by atoms with E-state index in [1.807, 2.05) is 17.0 Å². The summed E-state index contributed by atoms with van der Waals surface area (Å²) >= 11 is 1.73. The van der Waals surface area contributed by atoms with Crippen molar-refractivity contribution in [3.63, 3.8) is 0 Å². The van der Waals surface area contributed by atoms with Gasteiger partial charge >= 0.3 is 0 Å². The van der Waals surface area contributed by atoms with Crippen molar-refractivity contribution < 1.29 is 9.18 Å². The number of halogens is 1. The van der Waals surface area contributed by atoms with E-state index in [0.717, 1.165) is 60.6 Å². The fraction of sp³-hybridized carbons (Fsp3) is 0.458. The van der Waals surface area contributed by atoms with Gasteiger partial charge in [0.15, 0.2) is 0 Å². The van der Waals surface area contributed by atoms with Gasteiger partial charge in [0, 0.05) is 49.8 Å². The predicted molar refractivity (Wildman–Crippen MR) is 127 cm³/mol. The molecule has 1 amide bonds. The van der Waals surface area contributed by atoms with E-state index in [-0.39, 0.29) is 17.6 Å². The average molecular weight is 454 g/mol. The lowest BCUT2D eigenvalue weighted by atomic mass is 9.96. The van der Waals surface area contributed by atoms with Crippen molar-refractivity contribution in [2.75, 3.05) is 49.1 Å². The molecule has 0 unspecified atom stereocenters. The molecule has 1 aromatic carbocycles. The molecule has 32 heavy (non-hydrogen) atoms. The number of carbonyl (C=O) groups excluding carboxylic acids is 1. The van der Waals surface area contributed by atoms with Crippen LogP contribution in [0.4, 0.5) is 15.9 Å². The predicted octanol–water partition coefficient (Wildman–Crippen LogP) is 3.96. The van der Waals surface area contributed by atoms with Gasteiger partial charge in [0.1, 0.15) is 22.8 Å². The van der Waals surface area contributed by atoms with Gasteiger partial charge < -0.3 is 14.7 Å². The van der Waals surface area contributed by atoms with E-state index in [4.69, 9.17) is 0 Å². The second-order valence-electron chi connectivity index (χ2n) is 8.56. The summed E-state index contributed by atoms with van der Waals surface area (Å²) in [5.41, 5.74) is 1.01. The highest BCUT2D eigenvalue weighted by Gasteiger charge is 2.32. The first-order chi connectivity index (χ1) is 15.6. The molecule has 0 saturated carbocycles. The number of hydrogen-bond donors (Lipinski definition) is 0. The molecule has 1 atom stereocenters. The van der Waals surface area contributed by atoms with Crippen molar-refractivity contribution >= 4 is 39.0 Å². The Hall–Kier alpha value is -2.74. The Labute approximate surface area is 191 Å². The normalized spacial score (nSPS) is 19.6. The van der Waals surface area contributed by atoms with Gasteiger partial charge in [-0.25, -0.2) is 14.4 Å². The van der Waals surface area contributed by atoms with Gasteiger partial charge in [-0.2, -0.15) is 0 Å². The molecule has 0 bridgehead atoms. The molecule has 5 rings (SSSR count). The Balaban J connectivity index is 1.25. The second kappa shape index (κ2) is 9.02. The lowest BCUT2D eigenvalue weighted by Crippen LogP contribution is -2.52. The minimum absolute atomic E-state index is 0.00424. The van der Waals surface area contributed by atoms with E-state index < -0.39 is 0 Å². The fourth-order valence-electron chi connectivity index (χ4n) is 4.79. The van der Waals surface area contributed by atoms with Crippen molar-refractivity contribution in [2.24, 2.45) is 5.92 Å². The average Bonchev–Trinajstić information content (AvgIpc) is 3.28. The van der Waals surface area contributed by atoms with Crippen LogP contribution in [0.15, 0.2) is 36.7 Å². The zero-order valence-corrected chi connectivity index (χ0v) is 19.2. The zero-order chi connectivity index (χ0) is 22.1. The molecule has 2 aliphatic rings. The molecule has 4 heterocycles. The number of piperidine rings is 1. The van der Waals surface area contributed by atoms with E-state index in [1.54, 1.807) is 17.7 Å². The first-order valence-electron chi connectivity index (χ1n) is 11.4. The maximum absolute atomic E-state index is 13.3. The third-order valence-corrected chi connectivity index (χ3v) is 7.75. The zero-order valence-electron chi connectivity index (χ0n) is 18.3. The smallest absolute Gasteiger partial charge is 0.227 e. The number of carbonyl (C=O) groups is 1. The lowest BCUT2D eigenvalue weighted by molar-refractivity contribution is -0.136. The van der Waals surface area contributed by atoms with Crippen LogP contribution in [0.3, 0.4) is 0 Å². The minimum atomic E-state index is -0.223. The number of amides is 1. The third kappa shape index (κ3) is 4.16. The highest BCUT2D eigenvalue weighted by atomic mass is 32.1. The van der Waals surface area contributed by atoms with E-state index in [0.29, 0.717) is 19.6 Å². The number of nitrogens with zero attached hydrogens (tertiary/aromatic N) is 5. The Kier molecular flexibility index (Phi) is 5.95. The topological polar surface area (TPSA) is 52.6 Å². The number of thiophene rings is 1. The monoisotopic (exact) mass is 453 g/mol. The van der Waals surface area contributed by atoms with Crippen molar-refractivity contribution in [2.45, 2.75) is 26.2 Å². The van der Waals surface area contributed by atoms with Crippen LogP contribution in [0.1, 0.15) is 24.6 Å². The van der Waals surface area contributed by atoms with Crippen LogP contribution in [0.5, 0.6) is 0 Å². The van der Waals surface area contributed by atoms with Crippen molar-refractivity contribution in [1.82, 2.24) is 14.9 Å². The molecular weight excluding hydrogens is 425 g/mol. The Morgan fingerprint density at radius 1 is 1.09 bits per heavy atom. The maximum atomic E-state index is 13.3. The molecule has 0 N–H and O–H groups in total. The molecule has 2 aliphatic heterocycles. The van der Waals surface area contributed by atoms with Crippen molar-refractivity contribution in [3.8, 4) is 0 Å². The van der Waals surface area contributed by atoms with Crippen LogP contribution >= 0.6 is 11.3 Å². The molecule has 2 fully saturated rings. The van der Waals surface area contributed by atoms with Crippen molar-refractivity contribution in [3.05, 3.63) is 47.4 Å². The van der Waals surface area contributed by atoms with Crippen molar-refractivity contribution in [1.29, 1.82) is 0 Å². The van der Waals surface area contributed by atoms with Crippen LogP contribution in [-0.2, 0) is 11.2 Å². The minimum Gasteiger partial charge on any atom is -0.368 e. The van der Waals surface area contributed by atoms with Gasteiger partial charge in [0.2, 0.25) is 5.91 Å². The summed E-state index contributed by atoms with van der Waals surface area (Å²) in [5.74, 6) is 0.983. The molecule has 2 saturated heterocycles. The highest BCUT2D eigenvalue weighted by molar-refractivity contribution is 7.18. The number of aryl methyl sites for hydroxylation is 1. The molecule has 6 nitrogen and oxygen atoms in total. The summed E-state index contributed by atoms with van der Waals surface area (Å²) in [5, 5.41) is 1.11. The summed E-state index contributed by atoms with van der Waals surface area (Å²) in [6.07, 6.45) is 4.55. The second-order valence-corrected chi connectivity index (χ2v) is 9.67. The van der Waals surface area contributed by atoms with Gasteiger partial charge in [-0.3, -0.25) is 4.79 Å². The standard InChI is InChI=1S/C24H28FN5OS/c1-2-20-14-21-22(26-16-27-23(21)32-20)30-9-3-4-17(15-30)24(31)29-12-10-28(11-13-29)19-7-5-18(25)6-8-19/h5-8,14,16-17H,2-4,9-13,15H2,1H3/t17-/m0/s1. The van der Waals surface area contributed by atoms with E-state index in [2.05, 4.69) is 32.8 Å². The van der Waals surface area contributed by atoms with Crippen LogP contribution < -0.4 is 9.80 Å². The Bertz CT molecular complexity index is 1090. The number of hydrogen-bond acceptors (Lipinski definition) is 6. The van der Waals surface area contributed by atoms with Gasteiger partial charge in [-0.05, 0) is 49.6 Å². The Morgan fingerprint density at radius 2 is 1.88 bits per heavy atom. The molecule has 8 heteroatoms. The van der Waals surface area contributed by atoms with Crippen LogP contribution in [0.25, 0.3) is 10.2 Å². The molecule has 3 aromatic rings. The number of anilines is 2. The summed E-state index contributed by atoms with van der Waals surface area (Å²) in [6.45, 7) is 6.74. The SMILES string of the molecule is CCc1cc2c(N3CCC[C@H](C(=O)N4CCN(c5ccc(F)cc5)CC4)C3)ncnc2s1. The molecule has 168 valence electrons. The van der Waals surface area contributed by atoms with Gasteiger partial charge in [-0.1, -0.05) is 6.92 Å². The Morgan fingerprint density at radius 3 is 2.62 bits per heavy atom. The highest BCUT2D eigenvalue weighted by Crippen LogP contribution is 2.33. The number of fused-ring (bicyclic) bond motifs is 1. The van der Waals surface area contributed by atoms with Crippen LogP contribution in [0.2, 0.25) is 0 Å². The van der Waals surface area contributed by atoms with E-state index in [9.17, 15) is 9.18 Å². The van der Waals surface area contributed by atoms with E-state index >= 15 is 0 Å². The van der Waals surface area contributed by atoms with Crippen LogP contribution in [-0.4, -0.2) is 60.0 Å². The third-order valence-electron chi connectivity index (χ3n) is 6.56. The number of aromatic nitrogens is 2. The summed E-state index contributed by atoms with van der Waals surface area (Å²) in [6, 6.07) is 8.80. The molecular formula is C24H28FN5OS. The van der Waals surface area contributed by atoms with Gasteiger partial charge in [-0.15, -0.1) is 11.3 Å². The first kappa shape index (κ1) is 21.1. The maximum Gasteiger partial charge on any atom is 0.227 e. The van der Waals surface area contributed by atoms with Gasteiger partial charge in [0.25, 0.3) is 0 Å². The number of rotatable bonds is 4. The largest absolute Gasteiger partial charge is 0.368 e. The molecule has 0 spiro atoms. The van der Waals surface area contributed by atoms with E-state index in [1.165, 1.54) is 17.0 Å². The quantitative estimate of drug-likeness (QED) is 0.599. The molecule has 0 aliphatic carbocycles. The number of piperazine rings is 1. The summed E-state index contributed by atoms with van der Waals surface area (Å²) in [7, 11) is 0. The number of benzene rings is 1.